The highest BCUT2D eigenvalue weighted by molar-refractivity contribution is 5.23. The zero-order valence-corrected chi connectivity index (χ0v) is 13.4. The largest absolute Gasteiger partial charge is 0.391 e. The van der Waals surface area contributed by atoms with Gasteiger partial charge in [0.05, 0.1) is 42.6 Å². The molecule has 0 amide bonds. The number of hydrogen-bond acceptors (Lipinski definition) is 8. The van der Waals surface area contributed by atoms with Gasteiger partial charge in [-0.1, -0.05) is 0 Å². The van der Waals surface area contributed by atoms with Crippen molar-refractivity contribution in [1.82, 2.24) is 9.80 Å². The van der Waals surface area contributed by atoms with E-state index in [-0.39, 0.29) is 19.1 Å². The SMILES string of the molecule is O[C@H]1[C@H]2[C@H](O)CC([C@@H]3CC[C@@H](O)[C@@H]4[C@H](O)[C@H](O)CN43)=CN2C[C@H]1O. The minimum atomic E-state index is -0.972. The number of piperidine rings is 1. The standard InChI is InChI=1S/C16H26N2O6/c19-9-2-1-8(18-6-12(22)16(24)14(9)18)7-3-10(20)13-15(23)11(21)5-17(13)4-7/h4,8-16,19-24H,1-3,5-6H2/t8-,9+,10+,11+,12+,13+,14+,15+,16+/m0/s1. The number of fused-ring (bicyclic) bond motifs is 2. The third kappa shape index (κ3) is 2.40. The summed E-state index contributed by atoms with van der Waals surface area (Å²) in [5.74, 6) is 0. The van der Waals surface area contributed by atoms with Crippen LogP contribution in [0.1, 0.15) is 19.3 Å². The minimum absolute atomic E-state index is 0.0734. The molecule has 8 nitrogen and oxygen atoms in total. The maximum atomic E-state index is 10.4. The van der Waals surface area contributed by atoms with E-state index in [1.165, 1.54) is 0 Å². The van der Waals surface area contributed by atoms with Gasteiger partial charge in [0.1, 0.15) is 6.10 Å². The lowest BCUT2D eigenvalue weighted by Crippen LogP contribution is -2.55. The summed E-state index contributed by atoms with van der Waals surface area (Å²) in [5, 5.41) is 60.7. The monoisotopic (exact) mass is 342 g/mol. The van der Waals surface area contributed by atoms with Crippen LogP contribution in [-0.2, 0) is 0 Å². The molecular weight excluding hydrogens is 316 g/mol. The van der Waals surface area contributed by atoms with Crippen LogP contribution in [0.2, 0.25) is 0 Å². The van der Waals surface area contributed by atoms with Crippen LogP contribution in [-0.4, -0.2) is 108 Å². The average molecular weight is 342 g/mol. The van der Waals surface area contributed by atoms with Crippen molar-refractivity contribution in [3.05, 3.63) is 11.8 Å². The molecule has 4 aliphatic heterocycles. The van der Waals surface area contributed by atoms with Gasteiger partial charge in [0.25, 0.3) is 0 Å². The first-order chi connectivity index (χ1) is 11.4. The molecule has 0 spiro atoms. The quantitative estimate of drug-likeness (QED) is 0.297. The van der Waals surface area contributed by atoms with Crippen molar-refractivity contribution < 1.29 is 30.6 Å². The fraction of sp³-hybridized carbons (Fsp3) is 0.875. The first-order valence-corrected chi connectivity index (χ1v) is 8.69. The van der Waals surface area contributed by atoms with E-state index in [0.29, 0.717) is 19.3 Å². The van der Waals surface area contributed by atoms with E-state index in [2.05, 4.69) is 0 Å². The van der Waals surface area contributed by atoms with E-state index in [1.807, 2.05) is 11.1 Å². The molecule has 8 heteroatoms. The Morgan fingerprint density at radius 3 is 2.17 bits per heavy atom. The molecule has 0 bridgehead atoms. The minimum Gasteiger partial charge on any atom is -0.391 e. The Kier molecular flexibility index (Phi) is 4.12. The van der Waals surface area contributed by atoms with Gasteiger partial charge >= 0.3 is 0 Å². The van der Waals surface area contributed by atoms with Gasteiger partial charge in [-0.3, -0.25) is 4.90 Å². The summed E-state index contributed by atoms with van der Waals surface area (Å²) in [7, 11) is 0. The second kappa shape index (κ2) is 5.91. The molecule has 0 aliphatic carbocycles. The summed E-state index contributed by atoms with van der Waals surface area (Å²) in [5.41, 5.74) is 0.957. The zero-order chi connectivity index (χ0) is 17.2. The average Bonchev–Trinajstić information content (AvgIpc) is 2.98. The highest BCUT2D eigenvalue weighted by Gasteiger charge is 2.51. The maximum Gasteiger partial charge on any atom is 0.104 e. The normalized spacial score (nSPS) is 52.2. The van der Waals surface area contributed by atoms with Crippen molar-refractivity contribution in [2.24, 2.45) is 0 Å². The van der Waals surface area contributed by atoms with Crippen LogP contribution < -0.4 is 0 Å². The Bertz CT molecular complexity index is 531. The predicted octanol–water partition coefficient (Wildman–Crippen LogP) is -3.03. The van der Waals surface area contributed by atoms with Gasteiger partial charge in [-0.2, -0.15) is 0 Å². The van der Waals surface area contributed by atoms with Crippen molar-refractivity contribution in [3.63, 3.8) is 0 Å². The molecular formula is C16H26N2O6. The molecule has 0 unspecified atom stereocenters. The van der Waals surface area contributed by atoms with Crippen molar-refractivity contribution in [2.45, 2.75) is 74.0 Å². The van der Waals surface area contributed by atoms with Gasteiger partial charge in [0, 0.05) is 25.3 Å². The molecule has 4 rings (SSSR count). The van der Waals surface area contributed by atoms with Crippen LogP contribution in [0, 0.1) is 0 Å². The Labute approximate surface area is 140 Å². The molecule has 136 valence electrons. The highest BCUT2D eigenvalue weighted by Crippen LogP contribution is 2.39. The van der Waals surface area contributed by atoms with Crippen molar-refractivity contribution in [2.75, 3.05) is 13.1 Å². The number of aliphatic hydroxyl groups excluding tert-OH is 6. The lowest BCUT2D eigenvalue weighted by molar-refractivity contribution is -0.0440. The summed E-state index contributed by atoms with van der Waals surface area (Å²) in [4.78, 5) is 3.73. The Balaban J connectivity index is 1.60. The number of aliphatic hydroxyl groups is 6. The summed E-state index contributed by atoms with van der Waals surface area (Å²) in [6.07, 6.45) is -1.68. The van der Waals surface area contributed by atoms with E-state index in [4.69, 9.17) is 0 Å². The lowest BCUT2D eigenvalue weighted by atomic mass is 9.84. The van der Waals surface area contributed by atoms with E-state index in [1.54, 1.807) is 4.90 Å². The topological polar surface area (TPSA) is 128 Å². The van der Waals surface area contributed by atoms with Gasteiger partial charge in [0.15, 0.2) is 0 Å². The molecule has 3 saturated heterocycles. The zero-order valence-electron chi connectivity index (χ0n) is 13.4. The molecule has 0 aromatic rings. The van der Waals surface area contributed by atoms with Crippen LogP contribution >= 0.6 is 0 Å². The van der Waals surface area contributed by atoms with Gasteiger partial charge in [0.2, 0.25) is 0 Å². The molecule has 6 N–H and O–H groups in total. The van der Waals surface area contributed by atoms with Crippen molar-refractivity contribution in [3.8, 4) is 0 Å². The molecule has 0 saturated carbocycles. The molecule has 0 aromatic heterocycles. The molecule has 0 aromatic carbocycles. The Hall–Kier alpha value is -0.740. The Morgan fingerprint density at radius 2 is 1.42 bits per heavy atom. The van der Waals surface area contributed by atoms with Crippen LogP contribution in [0.5, 0.6) is 0 Å². The molecule has 0 radical (unpaired) electrons. The maximum absolute atomic E-state index is 10.4. The summed E-state index contributed by atoms with van der Waals surface area (Å²) < 4.78 is 0. The molecule has 9 atom stereocenters. The number of nitrogens with zero attached hydrogens (tertiary/aromatic N) is 2. The summed E-state index contributed by atoms with van der Waals surface area (Å²) in [6, 6.07) is -1.07. The van der Waals surface area contributed by atoms with E-state index < -0.39 is 48.7 Å². The fourth-order valence-electron chi connectivity index (χ4n) is 5.02. The lowest BCUT2D eigenvalue weighted by Gasteiger charge is -2.45. The van der Waals surface area contributed by atoms with E-state index >= 15 is 0 Å². The van der Waals surface area contributed by atoms with E-state index in [0.717, 1.165) is 5.57 Å². The first-order valence-electron chi connectivity index (χ1n) is 8.69. The van der Waals surface area contributed by atoms with Crippen LogP contribution in [0.4, 0.5) is 0 Å². The third-order valence-electron chi connectivity index (χ3n) is 6.18. The highest BCUT2D eigenvalue weighted by atomic mass is 16.3. The second-order valence-electron chi connectivity index (χ2n) is 7.63. The van der Waals surface area contributed by atoms with Crippen LogP contribution in [0.25, 0.3) is 0 Å². The van der Waals surface area contributed by atoms with Crippen LogP contribution in [0.3, 0.4) is 0 Å². The fourth-order valence-corrected chi connectivity index (χ4v) is 5.02. The van der Waals surface area contributed by atoms with Gasteiger partial charge < -0.3 is 35.5 Å². The second-order valence-corrected chi connectivity index (χ2v) is 7.63. The summed E-state index contributed by atoms with van der Waals surface area (Å²) in [6.45, 7) is 0.562. The molecule has 24 heavy (non-hydrogen) atoms. The first kappa shape index (κ1) is 16.7. The predicted molar refractivity (Wildman–Crippen MR) is 82.8 cm³/mol. The van der Waals surface area contributed by atoms with Gasteiger partial charge in [-0.15, -0.1) is 0 Å². The Morgan fingerprint density at radius 1 is 0.750 bits per heavy atom. The van der Waals surface area contributed by atoms with Gasteiger partial charge in [-0.25, -0.2) is 0 Å². The van der Waals surface area contributed by atoms with Crippen LogP contribution in [0.15, 0.2) is 11.8 Å². The van der Waals surface area contributed by atoms with Gasteiger partial charge in [-0.05, 0) is 24.8 Å². The molecule has 4 aliphatic rings. The number of hydrogen-bond donors (Lipinski definition) is 6. The molecule has 4 heterocycles. The third-order valence-corrected chi connectivity index (χ3v) is 6.18. The summed E-state index contributed by atoms with van der Waals surface area (Å²) >= 11 is 0. The number of rotatable bonds is 1. The molecule has 3 fully saturated rings. The van der Waals surface area contributed by atoms with Crippen molar-refractivity contribution >= 4 is 0 Å². The smallest absolute Gasteiger partial charge is 0.104 e. The van der Waals surface area contributed by atoms with E-state index in [9.17, 15) is 30.6 Å². The van der Waals surface area contributed by atoms with Crippen molar-refractivity contribution in [1.29, 1.82) is 0 Å².